The molecule has 0 atom stereocenters. The number of nitriles is 2. The summed E-state index contributed by atoms with van der Waals surface area (Å²) in [6.45, 7) is 4.41. The number of aromatic nitrogens is 1. The van der Waals surface area contributed by atoms with Crippen molar-refractivity contribution in [3.8, 4) is 29.1 Å². The van der Waals surface area contributed by atoms with Gasteiger partial charge in [0.1, 0.15) is 23.5 Å². The molecule has 1 aromatic carbocycles. The molecule has 2 rings (SSSR count). The maximum absolute atomic E-state index is 11.9. The molecule has 0 unspecified atom stereocenters. The second-order valence-corrected chi connectivity index (χ2v) is 5.75. The highest BCUT2D eigenvalue weighted by Crippen LogP contribution is 2.26. The van der Waals surface area contributed by atoms with Gasteiger partial charge in [-0.3, -0.25) is 4.79 Å². The molecule has 25 heavy (non-hydrogen) atoms. The molecule has 0 saturated carbocycles. The first-order chi connectivity index (χ1) is 11.9. The Bertz CT molecular complexity index is 962. The van der Waals surface area contributed by atoms with Crippen LogP contribution >= 0.6 is 0 Å². The van der Waals surface area contributed by atoms with Crippen molar-refractivity contribution < 1.29 is 14.6 Å². The Morgan fingerprint density at radius 3 is 2.56 bits per heavy atom. The standard InChI is InChI=1S/C18H15N3O4/c1-10(2)9-25-16-4-3-11(5-12(16)7-19)15-6-13(18(23)24)14(8-20)17(22)21-15/h3-6,10H,9H2,1-2H3,(H,21,22)(H,23,24). The van der Waals surface area contributed by atoms with Crippen LogP contribution in [0.25, 0.3) is 11.3 Å². The van der Waals surface area contributed by atoms with E-state index in [0.717, 1.165) is 0 Å². The Morgan fingerprint density at radius 2 is 2.00 bits per heavy atom. The maximum atomic E-state index is 11.9. The number of ether oxygens (including phenoxy) is 1. The first-order valence-electron chi connectivity index (χ1n) is 7.45. The number of pyridine rings is 1. The van der Waals surface area contributed by atoms with Gasteiger partial charge in [-0.1, -0.05) is 13.8 Å². The van der Waals surface area contributed by atoms with Crippen LogP contribution in [0.4, 0.5) is 0 Å². The number of aromatic carboxylic acids is 1. The second-order valence-electron chi connectivity index (χ2n) is 5.75. The van der Waals surface area contributed by atoms with E-state index in [1.54, 1.807) is 18.2 Å². The molecule has 0 radical (unpaired) electrons. The van der Waals surface area contributed by atoms with Crippen molar-refractivity contribution >= 4 is 5.97 Å². The maximum Gasteiger partial charge on any atom is 0.337 e. The van der Waals surface area contributed by atoms with Gasteiger partial charge in [-0.05, 0) is 35.7 Å². The van der Waals surface area contributed by atoms with Gasteiger partial charge in [0, 0.05) is 5.69 Å². The summed E-state index contributed by atoms with van der Waals surface area (Å²) in [4.78, 5) is 25.7. The molecule has 1 heterocycles. The van der Waals surface area contributed by atoms with E-state index < -0.39 is 17.1 Å². The zero-order valence-electron chi connectivity index (χ0n) is 13.7. The largest absolute Gasteiger partial charge is 0.492 e. The van der Waals surface area contributed by atoms with E-state index in [1.807, 2.05) is 19.9 Å². The summed E-state index contributed by atoms with van der Waals surface area (Å²) < 4.78 is 5.57. The number of aromatic amines is 1. The fraction of sp³-hybridized carbons (Fsp3) is 0.222. The molecule has 0 saturated heterocycles. The Kier molecular flexibility index (Phi) is 5.21. The van der Waals surface area contributed by atoms with Crippen molar-refractivity contribution in [1.29, 1.82) is 10.5 Å². The summed E-state index contributed by atoms with van der Waals surface area (Å²) in [6, 6.07) is 9.51. The van der Waals surface area contributed by atoms with Crippen LogP contribution in [-0.4, -0.2) is 22.7 Å². The van der Waals surface area contributed by atoms with Crippen LogP contribution in [-0.2, 0) is 0 Å². The SMILES string of the molecule is CC(C)COc1ccc(-c2cc(C(=O)O)c(C#N)c(=O)[nH]2)cc1C#N. The molecule has 7 heteroatoms. The lowest BCUT2D eigenvalue weighted by Gasteiger charge is -2.11. The first kappa shape index (κ1) is 17.8. The fourth-order valence-electron chi connectivity index (χ4n) is 2.16. The lowest BCUT2D eigenvalue weighted by atomic mass is 10.0. The van der Waals surface area contributed by atoms with Crippen LogP contribution in [0.5, 0.6) is 5.75 Å². The molecule has 0 amide bonds. The van der Waals surface area contributed by atoms with Gasteiger partial charge >= 0.3 is 5.97 Å². The number of carboxylic acids is 1. The van der Waals surface area contributed by atoms with Gasteiger partial charge in [0.15, 0.2) is 0 Å². The Labute approximate surface area is 143 Å². The smallest absolute Gasteiger partial charge is 0.337 e. The van der Waals surface area contributed by atoms with Gasteiger partial charge in [0.05, 0.1) is 17.7 Å². The number of nitrogens with one attached hydrogen (secondary N) is 1. The highest BCUT2D eigenvalue weighted by atomic mass is 16.5. The molecule has 0 bridgehead atoms. The number of nitrogens with zero attached hydrogens (tertiary/aromatic N) is 2. The summed E-state index contributed by atoms with van der Waals surface area (Å²) in [6.07, 6.45) is 0. The van der Waals surface area contributed by atoms with Crippen molar-refractivity contribution in [1.82, 2.24) is 4.98 Å². The third-order valence-corrected chi connectivity index (χ3v) is 3.36. The topological polar surface area (TPSA) is 127 Å². The third-order valence-electron chi connectivity index (χ3n) is 3.36. The molecule has 7 nitrogen and oxygen atoms in total. The van der Waals surface area contributed by atoms with Crippen molar-refractivity contribution in [2.75, 3.05) is 6.61 Å². The normalized spacial score (nSPS) is 10.1. The summed E-state index contributed by atoms with van der Waals surface area (Å²) >= 11 is 0. The molecule has 0 fully saturated rings. The Balaban J connectivity index is 2.53. The van der Waals surface area contributed by atoms with Crippen LogP contribution in [0.2, 0.25) is 0 Å². The van der Waals surface area contributed by atoms with Gasteiger partial charge in [0.25, 0.3) is 5.56 Å². The van der Waals surface area contributed by atoms with E-state index in [1.165, 1.54) is 12.1 Å². The molecular weight excluding hydrogens is 322 g/mol. The predicted octanol–water partition coefficient (Wildman–Crippen LogP) is 2.52. The van der Waals surface area contributed by atoms with E-state index in [0.29, 0.717) is 23.8 Å². The Morgan fingerprint density at radius 1 is 1.28 bits per heavy atom. The highest BCUT2D eigenvalue weighted by Gasteiger charge is 2.17. The number of carbonyl (C=O) groups is 1. The molecule has 2 aromatic rings. The molecule has 0 aliphatic carbocycles. The zero-order valence-corrected chi connectivity index (χ0v) is 13.7. The van der Waals surface area contributed by atoms with Crippen molar-refractivity contribution in [2.24, 2.45) is 5.92 Å². The second kappa shape index (κ2) is 7.33. The number of benzene rings is 1. The lowest BCUT2D eigenvalue weighted by Crippen LogP contribution is -2.17. The van der Waals surface area contributed by atoms with E-state index >= 15 is 0 Å². The minimum Gasteiger partial charge on any atom is -0.492 e. The lowest BCUT2D eigenvalue weighted by molar-refractivity contribution is 0.0696. The molecule has 2 N–H and O–H groups in total. The van der Waals surface area contributed by atoms with E-state index in [4.69, 9.17) is 10.00 Å². The minimum absolute atomic E-state index is 0.202. The van der Waals surface area contributed by atoms with E-state index in [-0.39, 0.29) is 16.8 Å². The van der Waals surface area contributed by atoms with Gasteiger partial charge in [0.2, 0.25) is 0 Å². The van der Waals surface area contributed by atoms with Gasteiger partial charge in [-0.15, -0.1) is 0 Å². The number of carboxylic acid groups (broad SMARTS) is 1. The van der Waals surface area contributed by atoms with Gasteiger partial charge < -0.3 is 14.8 Å². The molecule has 1 aromatic heterocycles. The van der Waals surface area contributed by atoms with Crippen LogP contribution in [0.3, 0.4) is 0 Å². The van der Waals surface area contributed by atoms with E-state index in [2.05, 4.69) is 4.98 Å². The third kappa shape index (κ3) is 3.85. The molecule has 126 valence electrons. The van der Waals surface area contributed by atoms with Crippen molar-refractivity contribution in [3.63, 3.8) is 0 Å². The van der Waals surface area contributed by atoms with Crippen LogP contribution in [0.15, 0.2) is 29.1 Å². The zero-order chi connectivity index (χ0) is 18.6. The number of hydrogen-bond donors (Lipinski definition) is 2. The summed E-state index contributed by atoms with van der Waals surface area (Å²) in [5.41, 5.74) is -0.740. The quantitative estimate of drug-likeness (QED) is 0.863. The number of hydrogen-bond acceptors (Lipinski definition) is 5. The molecule has 0 aliphatic rings. The number of rotatable bonds is 5. The van der Waals surface area contributed by atoms with Crippen LogP contribution < -0.4 is 10.3 Å². The van der Waals surface area contributed by atoms with Crippen molar-refractivity contribution in [2.45, 2.75) is 13.8 Å². The Hall–Kier alpha value is -3.58. The fourth-order valence-corrected chi connectivity index (χ4v) is 2.16. The average Bonchev–Trinajstić information content (AvgIpc) is 2.58. The summed E-state index contributed by atoms with van der Waals surface area (Å²) in [5, 5.41) is 27.4. The predicted molar refractivity (Wildman–Crippen MR) is 89.2 cm³/mol. The monoisotopic (exact) mass is 337 g/mol. The van der Waals surface area contributed by atoms with Crippen LogP contribution in [0.1, 0.15) is 35.3 Å². The summed E-state index contributed by atoms with van der Waals surface area (Å²) in [5.74, 6) is -0.671. The molecular formula is C18H15N3O4. The van der Waals surface area contributed by atoms with Gasteiger partial charge in [-0.2, -0.15) is 10.5 Å². The van der Waals surface area contributed by atoms with E-state index in [9.17, 15) is 20.0 Å². The average molecular weight is 337 g/mol. The highest BCUT2D eigenvalue weighted by molar-refractivity contribution is 5.91. The van der Waals surface area contributed by atoms with Crippen LogP contribution in [0, 0.1) is 28.6 Å². The molecule has 0 aliphatic heterocycles. The first-order valence-corrected chi connectivity index (χ1v) is 7.45. The summed E-state index contributed by atoms with van der Waals surface area (Å²) in [7, 11) is 0. The molecule has 0 spiro atoms. The minimum atomic E-state index is -1.37. The van der Waals surface area contributed by atoms with Gasteiger partial charge in [-0.25, -0.2) is 4.79 Å². The van der Waals surface area contributed by atoms with Crippen molar-refractivity contribution in [3.05, 3.63) is 51.3 Å². The number of H-pyrrole nitrogens is 1.